The van der Waals surface area contributed by atoms with Crippen LogP contribution in [0.2, 0.25) is 0 Å². The fraction of sp³-hybridized carbons (Fsp3) is 0.577. The van der Waals surface area contributed by atoms with Crippen LogP contribution in [0.3, 0.4) is 0 Å². The van der Waals surface area contributed by atoms with E-state index in [1.54, 1.807) is 0 Å². The molecule has 3 heterocycles. The minimum absolute atomic E-state index is 0. The second-order valence-electron chi connectivity index (χ2n) is 9.48. The summed E-state index contributed by atoms with van der Waals surface area (Å²) >= 11 is 0. The largest absolute Gasteiger partial charge is 0.494 e. The first kappa shape index (κ1) is 27.8. The molecule has 1 fully saturated rings. The molecule has 36 heavy (non-hydrogen) atoms. The molecule has 9 nitrogen and oxygen atoms in total. The summed E-state index contributed by atoms with van der Waals surface area (Å²) in [7, 11) is 0. The van der Waals surface area contributed by atoms with E-state index in [4.69, 9.17) is 4.74 Å². The van der Waals surface area contributed by atoms with Gasteiger partial charge in [0, 0.05) is 44.7 Å². The molecule has 0 aliphatic carbocycles. The molecule has 1 aliphatic heterocycles. The van der Waals surface area contributed by atoms with Gasteiger partial charge in [0.15, 0.2) is 5.65 Å². The van der Waals surface area contributed by atoms with Crippen LogP contribution in [0, 0.1) is 5.92 Å². The normalized spacial score (nSPS) is 14.4. The number of halogens is 1. The first-order chi connectivity index (χ1) is 17.1. The first-order valence-corrected chi connectivity index (χ1v) is 13.0. The second-order valence-corrected chi connectivity index (χ2v) is 9.48. The molecule has 0 atom stereocenters. The standard InChI is InChI=1S/C26H38N6O3.ClH/c1-3-6-19(7-4-2)18-31-11-13-32(14-12-31)26(34)27-10-5-15-35-21-8-9-22-20(16-21)17-23-24(28-22)30-25(33)29-23;/h8-9,16-17,19H,3-7,10-15,18H2,1-2H3,(H,27,34)(H2,28,29,30,33);1H. The highest BCUT2D eigenvalue weighted by atomic mass is 35.5. The van der Waals surface area contributed by atoms with Gasteiger partial charge in [-0.05, 0) is 49.4 Å². The zero-order valence-electron chi connectivity index (χ0n) is 21.3. The third kappa shape index (κ3) is 7.36. The van der Waals surface area contributed by atoms with Gasteiger partial charge in [0.1, 0.15) is 5.75 Å². The van der Waals surface area contributed by atoms with Gasteiger partial charge in [-0.25, -0.2) is 14.6 Å². The van der Waals surface area contributed by atoms with Gasteiger partial charge < -0.3 is 19.9 Å². The number of piperazine rings is 1. The number of urea groups is 1. The molecule has 0 unspecified atom stereocenters. The van der Waals surface area contributed by atoms with E-state index in [9.17, 15) is 9.59 Å². The van der Waals surface area contributed by atoms with Gasteiger partial charge in [-0.3, -0.25) is 9.88 Å². The monoisotopic (exact) mass is 518 g/mol. The molecular weight excluding hydrogens is 480 g/mol. The topological polar surface area (TPSA) is 106 Å². The fourth-order valence-corrected chi connectivity index (χ4v) is 4.91. The first-order valence-electron chi connectivity index (χ1n) is 13.0. The van der Waals surface area contributed by atoms with E-state index < -0.39 is 0 Å². The van der Waals surface area contributed by atoms with Crippen molar-refractivity contribution in [1.29, 1.82) is 0 Å². The minimum Gasteiger partial charge on any atom is -0.494 e. The van der Waals surface area contributed by atoms with Crippen LogP contribution in [0.1, 0.15) is 46.0 Å². The Morgan fingerprint density at radius 1 is 1.11 bits per heavy atom. The summed E-state index contributed by atoms with van der Waals surface area (Å²) < 4.78 is 5.87. The molecule has 3 N–H and O–H groups in total. The molecule has 2 amide bonds. The Morgan fingerprint density at radius 2 is 1.86 bits per heavy atom. The number of carbonyl (C=O) groups is 1. The molecule has 1 saturated heterocycles. The molecule has 1 aliphatic rings. The number of nitrogens with zero attached hydrogens (tertiary/aromatic N) is 3. The molecule has 0 radical (unpaired) electrons. The Labute approximate surface area is 218 Å². The van der Waals surface area contributed by atoms with Crippen LogP contribution in [0.5, 0.6) is 5.75 Å². The second kappa shape index (κ2) is 13.5. The van der Waals surface area contributed by atoms with Crippen LogP contribution in [-0.2, 0) is 0 Å². The van der Waals surface area contributed by atoms with Crippen molar-refractivity contribution >= 4 is 40.5 Å². The van der Waals surface area contributed by atoms with E-state index >= 15 is 0 Å². The van der Waals surface area contributed by atoms with Gasteiger partial charge in [-0.15, -0.1) is 12.4 Å². The van der Waals surface area contributed by atoms with E-state index in [2.05, 4.69) is 39.0 Å². The van der Waals surface area contributed by atoms with Crippen molar-refractivity contribution in [1.82, 2.24) is 30.1 Å². The number of fused-ring (bicyclic) bond motifs is 2. The van der Waals surface area contributed by atoms with E-state index in [1.807, 2.05) is 29.2 Å². The van der Waals surface area contributed by atoms with Crippen molar-refractivity contribution in [3.8, 4) is 5.75 Å². The van der Waals surface area contributed by atoms with Crippen LogP contribution in [0.15, 0.2) is 29.1 Å². The Hall–Kier alpha value is -2.78. The zero-order valence-corrected chi connectivity index (χ0v) is 22.2. The van der Waals surface area contributed by atoms with Crippen LogP contribution in [0.25, 0.3) is 22.1 Å². The maximum Gasteiger partial charge on any atom is 0.325 e. The summed E-state index contributed by atoms with van der Waals surface area (Å²) in [6, 6.07) is 7.57. The molecule has 0 bridgehead atoms. The Kier molecular flexibility index (Phi) is 10.4. The lowest BCUT2D eigenvalue weighted by molar-refractivity contribution is 0.123. The number of hydrogen-bond acceptors (Lipinski definition) is 5. The number of rotatable bonds is 11. The van der Waals surface area contributed by atoms with Crippen molar-refractivity contribution < 1.29 is 9.53 Å². The van der Waals surface area contributed by atoms with Crippen molar-refractivity contribution in [2.45, 2.75) is 46.0 Å². The van der Waals surface area contributed by atoms with Gasteiger partial charge in [0.25, 0.3) is 0 Å². The lowest BCUT2D eigenvalue weighted by Crippen LogP contribution is -2.52. The van der Waals surface area contributed by atoms with Crippen molar-refractivity contribution in [2.75, 3.05) is 45.9 Å². The predicted octanol–water partition coefficient (Wildman–Crippen LogP) is 4.14. The SMILES string of the molecule is CCCC(CCC)CN1CCN(C(=O)NCCCOc2ccc3nc4[nH]c(=O)[nH]c4cc3c2)CC1.Cl. The lowest BCUT2D eigenvalue weighted by Gasteiger charge is -2.36. The fourth-order valence-electron chi connectivity index (χ4n) is 4.91. The highest BCUT2D eigenvalue weighted by Gasteiger charge is 2.22. The number of aromatic nitrogens is 3. The maximum atomic E-state index is 12.5. The van der Waals surface area contributed by atoms with E-state index in [0.29, 0.717) is 24.3 Å². The highest BCUT2D eigenvalue weighted by Crippen LogP contribution is 2.22. The van der Waals surface area contributed by atoms with Crippen LogP contribution in [0.4, 0.5) is 4.79 Å². The van der Waals surface area contributed by atoms with E-state index in [-0.39, 0.29) is 24.1 Å². The molecule has 0 spiro atoms. The lowest BCUT2D eigenvalue weighted by atomic mass is 9.97. The summed E-state index contributed by atoms with van der Waals surface area (Å²) in [5.41, 5.74) is 1.74. The number of pyridine rings is 1. The molecule has 3 aromatic rings. The predicted molar refractivity (Wildman–Crippen MR) is 146 cm³/mol. The average Bonchev–Trinajstić information content (AvgIpc) is 3.21. The Morgan fingerprint density at radius 3 is 2.58 bits per heavy atom. The maximum absolute atomic E-state index is 12.5. The summed E-state index contributed by atoms with van der Waals surface area (Å²) in [4.78, 5) is 38.3. The van der Waals surface area contributed by atoms with Crippen LogP contribution < -0.4 is 15.7 Å². The molecule has 2 aromatic heterocycles. The van der Waals surface area contributed by atoms with Gasteiger partial charge in [0.05, 0.1) is 17.6 Å². The third-order valence-electron chi connectivity index (χ3n) is 6.70. The number of imidazole rings is 1. The minimum atomic E-state index is -0.268. The molecule has 0 saturated carbocycles. The van der Waals surface area contributed by atoms with Crippen LogP contribution >= 0.6 is 12.4 Å². The van der Waals surface area contributed by atoms with Gasteiger partial charge in [0.2, 0.25) is 0 Å². The Bertz CT molecular complexity index is 1170. The number of nitrogens with one attached hydrogen (secondary N) is 3. The quantitative estimate of drug-likeness (QED) is 0.331. The summed E-state index contributed by atoms with van der Waals surface area (Å²) in [6.45, 7) is 10.3. The van der Waals surface area contributed by atoms with Crippen molar-refractivity contribution in [3.05, 3.63) is 34.7 Å². The third-order valence-corrected chi connectivity index (χ3v) is 6.70. The number of carbonyl (C=O) groups excluding carboxylic acids is 1. The number of hydrogen-bond donors (Lipinski definition) is 3. The van der Waals surface area contributed by atoms with Crippen LogP contribution in [-0.4, -0.2) is 76.7 Å². The smallest absolute Gasteiger partial charge is 0.325 e. The number of benzene rings is 1. The summed E-state index contributed by atoms with van der Waals surface area (Å²) in [6.07, 6.45) is 5.80. The molecule has 4 rings (SSSR count). The number of amides is 2. The molecule has 1 aromatic carbocycles. The highest BCUT2D eigenvalue weighted by molar-refractivity contribution is 5.90. The van der Waals surface area contributed by atoms with E-state index in [1.165, 1.54) is 25.7 Å². The number of ether oxygens (including phenoxy) is 1. The van der Waals surface area contributed by atoms with Crippen molar-refractivity contribution in [3.63, 3.8) is 0 Å². The summed E-state index contributed by atoms with van der Waals surface area (Å²) in [5.74, 6) is 1.52. The van der Waals surface area contributed by atoms with Crippen molar-refractivity contribution in [2.24, 2.45) is 5.92 Å². The molecule has 198 valence electrons. The van der Waals surface area contributed by atoms with Gasteiger partial charge >= 0.3 is 11.7 Å². The Balaban J connectivity index is 0.00000361. The number of aromatic amines is 2. The van der Waals surface area contributed by atoms with Gasteiger partial charge in [-0.2, -0.15) is 0 Å². The zero-order chi connectivity index (χ0) is 24.6. The summed E-state index contributed by atoms with van der Waals surface area (Å²) in [5, 5.41) is 3.92. The number of H-pyrrole nitrogens is 2. The van der Waals surface area contributed by atoms with E-state index in [0.717, 1.165) is 61.7 Å². The van der Waals surface area contributed by atoms with Gasteiger partial charge in [-0.1, -0.05) is 26.7 Å². The molecular formula is C26H39ClN6O3. The average molecular weight is 519 g/mol. The molecule has 10 heteroatoms.